The van der Waals surface area contributed by atoms with Crippen LogP contribution in [0.2, 0.25) is 5.02 Å². The van der Waals surface area contributed by atoms with E-state index < -0.39 is 47.3 Å². The van der Waals surface area contributed by atoms with Gasteiger partial charge in [0.2, 0.25) is 0 Å². The number of hydrogen-bond donors (Lipinski definition) is 2. The SMILES string of the molecule is Cc1cccc(C)c1OCC(=O)NNC(=O)Cn1cc(C(F)(F)F)cc(Cl)c1=O. The Balaban J connectivity index is 1.94. The van der Waals surface area contributed by atoms with Crippen LogP contribution < -0.4 is 21.1 Å². The fraction of sp³-hybridized carbons (Fsp3) is 0.278. The van der Waals surface area contributed by atoms with E-state index in [-0.39, 0.29) is 0 Å². The molecule has 1 aromatic carbocycles. The van der Waals surface area contributed by atoms with Gasteiger partial charge in [-0.2, -0.15) is 13.2 Å². The number of hydrazine groups is 1. The number of pyridine rings is 1. The number of benzene rings is 1. The first-order chi connectivity index (χ1) is 13.5. The van der Waals surface area contributed by atoms with Gasteiger partial charge in [0.15, 0.2) is 6.61 Å². The second kappa shape index (κ2) is 8.99. The van der Waals surface area contributed by atoms with E-state index in [9.17, 15) is 27.6 Å². The van der Waals surface area contributed by atoms with Gasteiger partial charge in [0.05, 0.1) is 5.56 Å². The zero-order chi connectivity index (χ0) is 21.8. The lowest BCUT2D eigenvalue weighted by Crippen LogP contribution is -2.46. The van der Waals surface area contributed by atoms with E-state index in [2.05, 4.69) is 5.43 Å². The lowest BCUT2D eigenvalue weighted by Gasteiger charge is -2.13. The van der Waals surface area contributed by atoms with Crippen LogP contribution in [0.1, 0.15) is 16.7 Å². The molecule has 2 N–H and O–H groups in total. The third kappa shape index (κ3) is 5.98. The molecular formula is C18H17ClF3N3O4. The largest absolute Gasteiger partial charge is 0.483 e. The number of halogens is 4. The lowest BCUT2D eigenvalue weighted by atomic mass is 10.1. The van der Waals surface area contributed by atoms with Crippen LogP contribution in [0.4, 0.5) is 13.2 Å². The minimum Gasteiger partial charge on any atom is -0.483 e. The van der Waals surface area contributed by atoms with E-state index in [4.69, 9.17) is 16.3 Å². The zero-order valence-electron chi connectivity index (χ0n) is 15.4. The molecule has 0 saturated carbocycles. The maximum atomic E-state index is 12.8. The fourth-order valence-electron chi connectivity index (χ4n) is 2.41. The fourth-order valence-corrected chi connectivity index (χ4v) is 2.63. The Bertz CT molecular complexity index is 969. The summed E-state index contributed by atoms with van der Waals surface area (Å²) in [7, 11) is 0. The van der Waals surface area contributed by atoms with Gasteiger partial charge >= 0.3 is 6.18 Å². The van der Waals surface area contributed by atoms with Crippen molar-refractivity contribution >= 4 is 23.4 Å². The van der Waals surface area contributed by atoms with Gasteiger partial charge < -0.3 is 9.30 Å². The minimum atomic E-state index is -4.74. The quantitative estimate of drug-likeness (QED) is 0.711. The highest BCUT2D eigenvalue weighted by atomic mass is 35.5. The van der Waals surface area contributed by atoms with Crippen molar-refractivity contribution < 1.29 is 27.5 Å². The first-order valence-corrected chi connectivity index (χ1v) is 8.60. The van der Waals surface area contributed by atoms with Gasteiger partial charge in [-0.15, -0.1) is 0 Å². The van der Waals surface area contributed by atoms with Gasteiger partial charge in [-0.1, -0.05) is 29.8 Å². The van der Waals surface area contributed by atoms with Crippen LogP contribution in [-0.2, 0) is 22.3 Å². The molecule has 0 spiro atoms. The molecule has 29 heavy (non-hydrogen) atoms. The molecule has 0 aliphatic heterocycles. The van der Waals surface area contributed by atoms with E-state index in [1.807, 2.05) is 11.5 Å². The van der Waals surface area contributed by atoms with Crippen LogP contribution in [0.3, 0.4) is 0 Å². The van der Waals surface area contributed by atoms with Crippen molar-refractivity contribution in [1.82, 2.24) is 15.4 Å². The summed E-state index contributed by atoms with van der Waals surface area (Å²) in [6, 6.07) is 5.92. The summed E-state index contributed by atoms with van der Waals surface area (Å²) >= 11 is 5.51. The maximum Gasteiger partial charge on any atom is 0.417 e. The van der Waals surface area contributed by atoms with Crippen molar-refractivity contribution in [3.63, 3.8) is 0 Å². The van der Waals surface area contributed by atoms with E-state index in [0.717, 1.165) is 11.1 Å². The van der Waals surface area contributed by atoms with Gasteiger partial charge in [0, 0.05) is 6.20 Å². The predicted molar refractivity (Wildman–Crippen MR) is 98.4 cm³/mol. The normalized spacial score (nSPS) is 11.1. The predicted octanol–water partition coefficient (Wildman–Crippen LogP) is 2.36. The molecule has 0 bridgehead atoms. The number of alkyl halides is 3. The zero-order valence-corrected chi connectivity index (χ0v) is 16.1. The Morgan fingerprint density at radius 3 is 2.31 bits per heavy atom. The first-order valence-electron chi connectivity index (χ1n) is 8.23. The van der Waals surface area contributed by atoms with Crippen LogP contribution in [0.25, 0.3) is 0 Å². The van der Waals surface area contributed by atoms with Crippen LogP contribution in [0.15, 0.2) is 35.3 Å². The van der Waals surface area contributed by atoms with Crippen molar-refractivity contribution in [3.8, 4) is 5.75 Å². The number of hydrogen-bond acceptors (Lipinski definition) is 4. The average molecular weight is 432 g/mol. The van der Waals surface area contributed by atoms with Crippen LogP contribution in [0, 0.1) is 13.8 Å². The molecule has 0 atom stereocenters. The van der Waals surface area contributed by atoms with Crippen molar-refractivity contribution in [2.24, 2.45) is 0 Å². The molecule has 1 aromatic heterocycles. The van der Waals surface area contributed by atoms with Crippen molar-refractivity contribution in [1.29, 1.82) is 0 Å². The number of nitrogens with one attached hydrogen (secondary N) is 2. The highest BCUT2D eigenvalue weighted by Gasteiger charge is 2.32. The Labute approximate surface area is 168 Å². The number of aryl methyl sites for hydroxylation is 2. The number of carbonyl (C=O) groups is 2. The van der Waals surface area contributed by atoms with Gasteiger partial charge in [0.1, 0.15) is 17.3 Å². The average Bonchev–Trinajstić information content (AvgIpc) is 2.62. The highest BCUT2D eigenvalue weighted by molar-refractivity contribution is 6.30. The Kier molecular flexibility index (Phi) is 6.91. The molecule has 2 rings (SSSR count). The lowest BCUT2D eigenvalue weighted by molar-refractivity contribution is -0.138. The van der Waals surface area contributed by atoms with Gasteiger partial charge in [0.25, 0.3) is 17.4 Å². The molecule has 0 aliphatic rings. The molecule has 2 amide bonds. The summed E-state index contributed by atoms with van der Waals surface area (Å²) in [6.07, 6.45) is -4.27. The summed E-state index contributed by atoms with van der Waals surface area (Å²) in [5.41, 5.74) is 3.55. The minimum absolute atomic E-state index is 0.401. The summed E-state index contributed by atoms with van der Waals surface area (Å²) in [5.74, 6) is -1.10. The molecular weight excluding hydrogens is 415 g/mol. The Hall–Kier alpha value is -3.01. The molecule has 0 aliphatic carbocycles. The van der Waals surface area contributed by atoms with Crippen LogP contribution >= 0.6 is 11.6 Å². The standard InChI is InChI=1S/C18H17ClF3N3O4/c1-10-4-3-5-11(2)16(10)29-9-15(27)24-23-14(26)8-25-7-12(18(20,21)22)6-13(19)17(25)28/h3-7H,8-9H2,1-2H3,(H,23,26)(H,24,27). The number of nitrogens with zero attached hydrogens (tertiary/aromatic N) is 1. The number of rotatable bonds is 5. The molecule has 7 nitrogen and oxygen atoms in total. The van der Waals surface area contributed by atoms with E-state index in [1.165, 1.54) is 0 Å². The second-order valence-electron chi connectivity index (χ2n) is 6.11. The van der Waals surface area contributed by atoms with Crippen molar-refractivity contribution in [3.05, 3.63) is 62.5 Å². The second-order valence-corrected chi connectivity index (χ2v) is 6.52. The van der Waals surface area contributed by atoms with E-state index in [1.54, 1.807) is 26.0 Å². The van der Waals surface area contributed by atoms with E-state index in [0.29, 0.717) is 22.6 Å². The van der Waals surface area contributed by atoms with Crippen molar-refractivity contribution in [2.45, 2.75) is 26.6 Å². The topological polar surface area (TPSA) is 89.4 Å². The Morgan fingerprint density at radius 1 is 1.14 bits per heavy atom. The molecule has 0 radical (unpaired) electrons. The smallest absolute Gasteiger partial charge is 0.417 e. The first kappa shape index (κ1) is 22.3. The number of aromatic nitrogens is 1. The number of para-hydroxylation sites is 1. The monoisotopic (exact) mass is 431 g/mol. The summed E-state index contributed by atoms with van der Waals surface area (Å²) < 4.78 is 44.3. The number of carbonyl (C=O) groups excluding carboxylic acids is 2. The maximum absolute atomic E-state index is 12.8. The van der Waals surface area contributed by atoms with E-state index >= 15 is 0 Å². The van der Waals surface area contributed by atoms with Crippen LogP contribution in [0.5, 0.6) is 5.75 Å². The molecule has 0 saturated heterocycles. The molecule has 156 valence electrons. The number of amides is 2. The van der Waals surface area contributed by atoms with Gasteiger partial charge in [-0.3, -0.25) is 25.2 Å². The third-order valence-corrected chi connectivity index (χ3v) is 4.05. The molecule has 11 heteroatoms. The molecule has 0 fully saturated rings. The third-order valence-electron chi connectivity index (χ3n) is 3.78. The van der Waals surface area contributed by atoms with Gasteiger partial charge in [-0.05, 0) is 31.0 Å². The molecule has 2 aromatic rings. The van der Waals surface area contributed by atoms with Crippen LogP contribution in [-0.4, -0.2) is 23.0 Å². The number of ether oxygens (including phenoxy) is 1. The summed E-state index contributed by atoms with van der Waals surface area (Å²) in [5, 5.41) is -0.682. The highest BCUT2D eigenvalue weighted by Crippen LogP contribution is 2.29. The summed E-state index contributed by atoms with van der Waals surface area (Å²) in [6.45, 7) is 2.43. The van der Waals surface area contributed by atoms with Gasteiger partial charge in [-0.25, -0.2) is 0 Å². The molecule has 1 heterocycles. The molecule has 0 unspecified atom stereocenters. The van der Waals surface area contributed by atoms with Crippen molar-refractivity contribution in [2.75, 3.05) is 6.61 Å². The summed E-state index contributed by atoms with van der Waals surface area (Å²) in [4.78, 5) is 35.5. The Morgan fingerprint density at radius 2 is 1.72 bits per heavy atom.